The minimum Gasteiger partial charge on any atom is -0.492 e. The summed E-state index contributed by atoms with van der Waals surface area (Å²) < 4.78 is 5.88. The third-order valence-corrected chi connectivity index (χ3v) is 4.21. The average molecular weight is 277 g/mol. The first-order chi connectivity index (χ1) is 9.70. The Morgan fingerprint density at radius 3 is 2.70 bits per heavy atom. The quantitative estimate of drug-likeness (QED) is 0.856. The topological polar surface area (TPSA) is 41.7 Å². The number of nitrogens with two attached hydrogens (primary N) is 1. The van der Waals surface area contributed by atoms with E-state index >= 15 is 0 Å². The highest BCUT2D eigenvalue weighted by Crippen LogP contribution is 2.18. The van der Waals surface area contributed by atoms with Gasteiger partial charge in [-0.3, -0.25) is 4.90 Å². The average Bonchev–Trinajstić information content (AvgIpc) is 2.48. The highest BCUT2D eigenvalue weighted by atomic mass is 16.5. The molecule has 0 aliphatic carbocycles. The molecule has 0 atom stereocenters. The molecule has 4 heteroatoms. The van der Waals surface area contributed by atoms with Gasteiger partial charge < -0.3 is 15.4 Å². The number of rotatable bonds is 6. The molecule has 1 aliphatic heterocycles. The molecule has 1 saturated heterocycles. The van der Waals surface area contributed by atoms with Gasteiger partial charge in [0.1, 0.15) is 12.4 Å². The van der Waals surface area contributed by atoms with Crippen LogP contribution < -0.4 is 10.5 Å². The van der Waals surface area contributed by atoms with Crippen molar-refractivity contribution in [2.24, 2.45) is 5.73 Å². The van der Waals surface area contributed by atoms with Crippen LogP contribution in [0.3, 0.4) is 0 Å². The van der Waals surface area contributed by atoms with Gasteiger partial charge in [0.25, 0.3) is 0 Å². The minimum absolute atomic E-state index is 0.529. The number of hydrogen-bond acceptors (Lipinski definition) is 4. The van der Waals surface area contributed by atoms with Gasteiger partial charge in [-0.1, -0.05) is 18.2 Å². The summed E-state index contributed by atoms with van der Waals surface area (Å²) in [5, 5.41) is 0. The van der Waals surface area contributed by atoms with Gasteiger partial charge in [0.05, 0.1) is 0 Å². The summed E-state index contributed by atoms with van der Waals surface area (Å²) in [5.74, 6) is 0.923. The fourth-order valence-electron chi connectivity index (χ4n) is 2.73. The molecule has 0 saturated carbocycles. The van der Waals surface area contributed by atoms with Gasteiger partial charge in [0.15, 0.2) is 0 Å². The van der Waals surface area contributed by atoms with E-state index in [4.69, 9.17) is 10.5 Å². The molecule has 4 nitrogen and oxygen atoms in total. The van der Waals surface area contributed by atoms with E-state index in [0.717, 1.165) is 24.5 Å². The molecule has 0 amide bonds. The Bertz CT molecular complexity index is 402. The van der Waals surface area contributed by atoms with Gasteiger partial charge in [-0.25, -0.2) is 0 Å². The fraction of sp³-hybridized carbons (Fsp3) is 0.625. The molecule has 112 valence electrons. The summed E-state index contributed by atoms with van der Waals surface area (Å²) in [7, 11) is 4.40. The number of para-hydroxylation sites is 1. The second-order valence-electron chi connectivity index (χ2n) is 5.68. The van der Waals surface area contributed by atoms with Crippen LogP contribution in [0.15, 0.2) is 24.3 Å². The third-order valence-electron chi connectivity index (χ3n) is 4.21. The van der Waals surface area contributed by atoms with Gasteiger partial charge in [0, 0.05) is 24.7 Å². The smallest absolute Gasteiger partial charge is 0.123 e. The third kappa shape index (κ3) is 4.20. The van der Waals surface area contributed by atoms with Crippen LogP contribution in [0.25, 0.3) is 0 Å². The maximum Gasteiger partial charge on any atom is 0.123 e. The molecular formula is C16H27N3O. The predicted molar refractivity (Wildman–Crippen MR) is 83.0 cm³/mol. The summed E-state index contributed by atoms with van der Waals surface area (Å²) in [6.45, 7) is 4.62. The normalized spacial score (nSPS) is 17.6. The van der Waals surface area contributed by atoms with Crippen molar-refractivity contribution in [1.29, 1.82) is 0 Å². The lowest BCUT2D eigenvalue weighted by molar-refractivity contribution is 0.127. The van der Waals surface area contributed by atoms with Crippen LogP contribution in [0, 0.1) is 0 Å². The van der Waals surface area contributed by atoms with Crippen molar-refractivity contribution >= 4 is 0 Å². The second kappa shape index (κ2) is 7.62. The Morgan fingerprint density at radius 2 is 2.00 bits per heavy atom. The van der Waals surface area contributed by atoms with Gasteiger partial charge in [-0.2, -0.15) is 0 Å². The Morgan fingerprint density at radius 1 is 1.30 bits per heavy atom. The standard InChI is InChI=1S/C16H27N3O/c1-18-9-7-15(8-10-18)19(2)11-12-20-16-6-4-3-5-14(16)13-17/h3-6,15H,7-13,17H2,1-2H3. The van der Waals surface area contributed by atoms with Crippen LogP contribution in [0.1, 0.15) is 18.4 Å². The maximum atomic E-state index is 5.88. The summed E-state index contributed by atoms with van der Waals surface area (Å²) in [6.07, 6.45) is 2.51. The first kappa shape index (κ1) is 15.3. The number of likely N-dealkylation sites (N-methyl/N-ethyl adjacent to an activating group) is 1. The first-order valence-electron chi connectivity index (χ1n) is 7.50. The lowest BCUT2D eigenvalue weighted by atomic mass is 10.0. The molecule has 1 aliphatic rings. The van der Waals surface area contributed by atoms with E-state index in [-0.39, 0.29) is 0 Å². The van der Waals surface area contributed by atoms with Crippen molar-refractivity contribution in [3.05, 3.63) is 29.8 Å². The van der Waals surface area contributed by atoms with Crippen molar-refractivity contribution in [3.63, 3.8) is 0 Å². The van der Waals surface area contributed by atoms with Crippen LogP contribution in [0.5, 0.6) is 5.75 Å². The molecule has 1 fully saturated rings. The zero-order valence-corrected chi connectivity index (χ0v) is 12.7. The zero-order chi connectivity index (χ0) is 14.4. The van der Waals surface area contributed by atoms with E-state index in [2.05, 4.69) is 23.9 Å². The molecule has 1 heterocycles. The largest absolute Gasteiger partial charge is 0.492 e. The Kier molecular flexibility index (Phi) is 5.83. The number of likely N-dealkylation sites (tertiary alicyclic amines) is 1. The lowest BCUT2D eigenvalue weighted by Crippen LogP contribution is -2.43. The number of ether oxygens (including phenoxy) is 1. The molecule has 2 rings (SSSR count). The molecule has 0 spiro atoms. The Hall–Kier alpha value is -1.10. The van der Waals surface area contributed by atoms with Crippen LogP contribution in [0.4, 0.5) is 0 Å². The summed E-state index contributed by atoms with van der Waals surface area (Å²) in [4.78, 5) is 4.83. The van der Waals surface area contributed by atoms with E-state index in [0.29, 0.717) is 12.6 Å². The first-order valence-corrected chi connectivity index (χ1v) is 7.50. The number of benzene rings is 1. The molecule has 2 N–H and O–H groups in total. The number of hydrogen-bond donors (Lipinski definition) is 1. The van der Waals surface area contributed by atoms with Gasteiger partial charge in [-0.15, -0.1) is 0 Å². The maximum absolute atomic E-state index is 5.88. The van der Waals surface area contributed by atoms with Gasteiger partial charge in [-0.05, 0) is 46.1 Å². The summed E-state index contributed by atoms with van der Waals surface area (Å²) in [5.41, 5.74) is 6.80. The van der Waals surface area contributed by atoms with Crippen LogP contribution in [0.2, 0.25) is 0 Å². The second-order valence-corrected chi connectivity index (χ2v) is 5.68. The molecule has 0 unspecified atom stereocenters. The minimum atomic E-state index is 0.529. The Balaban J connectivity index is 1.75. The molecule has 0 bridgehead atoms. The molecule has 0 aromatic heterocycles. The fourth-order valence-corrected chi connectivity index (χ4v) is 2.73. The van der Waals surface area contributed by atoms with E-state index < -0.39 is 0 Å². The van der Waals surface area contributed by atoms with Crippen LogP contribution in [-0.4, -0.2) is 56.2 Å². The van der Waals surface area contributed by atoms with Crippen molar-refractivity contribution in [2.45, 2.75) is 25.4 Å². The highest BCUT2D eigenvalue weighted by Gasteiger charge is 2.20. The molecule has 0 radical (unpaired) electrons. The van der Waals surface area contributed by atoms with Crippen LogP contribution >= 0.6 is 0 Å². The Labute approximate surface area is 122 Å². The van der Waals surface area contributed by atoms with E-state index in [9.17, 15) is 0 Å². The van der Waals surface area contributed by atoms with E-state index in [1.807, 2.05) is 24.3 Å². The summed E-state index contributed by atoms with van der Waals surface area (Å²) >= 11 is 0. The molecule has 1 aromatic rings. The monoisotopic (exact) mass is 277 g/mol. The van der Waals surface area contributed by atoms with Gasteiger partial charge >= 0.3 is 0 Å². The molecule has 1 aromatic carbocycles. The zero-order valence-electron chi connectivity index (χ0n) is 12.7. The number of piperidine rings is 1. The molecular weight excluding hydrogens is 250 g/mol. The van der Waals surface area contributed by atoms with Crippen molar-refractivity contribution in [2.75, 3.05) is 40.3 Å². The molecule has 20 heavy (non-hydrogen) atoms. The number of nitrogens with zero attached hydrogens (tertiary/aromatic N) is 2. The lowest BCUT2D eigenvalue weighted by Gasteiger charge is -2.35. The van der Waals surface area contributed by atoms with Crippen molar-refractivity contribution in [1.82, 2.24) is 9.80 Å². The van der Waals surface area contributed by atoms with Crippen LogP contribution in [-0.2, 0) is 6.54 Å². The SMILES string of the molecule is CN1CCC(N(C)CCOc2ccccc2CN)CC1. The van der Waals surface area contributed by atoms with E-state index in [1.165, 1.54) is 25.9 Å². The summed E-state index contributed by atoms with van der Waals surface area (Å²) in [6, 6.07) is 8.71. The van der Waals surface area contributed by atoms with E-state index in [1.54, 1.807) is 0 Å². The van der Waals surface area contributed by atoms with Crippen molar-refractivity contribution in [3.8, 4) is 5.75 Å². The predicted octanol–water partition coefficient (Wildman–Crippen LogP) is 1.55. The van der Waals surface area contributed by atoms with Gasteiger partial charge in [0.2, 0.25) is 0 Å². The van der Waals surface area contributed by atoms with Crippen molar-refractivity contribution < 1.29 is 4.74 Å². The highest BCUT2D eigenvalue weighted by molar-refractivity contribution is 5.32.